The first-order valence-electron chi connectivity index (χ1n) is 12.3. The molecule has 1 N–H and O–H groups in total. The Morgan fingerprint density at radius 1 is 1.18 bits per heavy atom. The Bertz CT molecular complexity index is 1320. The lowest BCUT2D eigenvalue weighted by Crippen LogP contribution is -2.48. The summed E-state index contributed by atoms with van der Waals surface area (Å²) in [7, 11) is 1.61. The molecule has 0 bridgehead atoms. The summed E-state index contributed by atoms with van der Waals surface area (Å²) in [5.41, 5.74) is 2.26. The number of benzene rings is 2. The maximum Gasteiger partial charge on any atom is 0.393 e. The van der Waals surface area contributed by atoms with E-state index in [0.29, 0.717) is 36.6 Å². The molecule has 2 aliphatic heterocycles. The minimum absolute atomic E-state index is 0.0326. The molecular formula is C26H27F3N6O2S. The molecule has 5 rings (SSSR count). The number of amides is 2. The zero-order valence-corrected chi connectivity index (χ0v) is 21.5. The number of rotatable bonds is 5. The third kappa shape index (κ3) is 5.64. The van der Waals surface area contributed by atoms with Crippen molar-refractivity contribution in [2.45, 2.75) is 36.5 Å². The standard InChI is InChI=1S/C26H27F3N6O2S/c1-33-21-12-19(34-11-5-8-18(14-34)26(27,28)29)9-10-22(21)38-15-20(25(33)37)31-24(36)23-30-16-35(32-23)13-17-6-3-2-4-7-17/h2-4,6-7,9-10,12,16,18,20H,5,8,11,13-15H2,1H3,(H,31,36)/t18-,20+/m1/s1. The second kappa shape index (κ2) is 10.7. The molecule has 0 spiro atoms. The van der Waals surface area contributed by atoms with Gasteiger partial charge in [0, 0.05) is 36.5 Å². The summed E-state index contributed by atoms with van der Waals surface area (Å²) >= 11 is 1.41. The van der Waals surface area contributed by atoms with Crippen LogP contribution >= 0.6 is 11.8 Å². The highest BCUT2D eigenvalue weighted by atomic mass is 32.2. The van der Waals surface area contributed by atoms with Crippen molar-refractivity contribution in [1.82, 2.24) is 20.1 Å². The van der Waals surface area contributed by atoms with Crippen LogP contribution in [0, 0.1) is 5.92 Å². The number of halogens is 3. The lowest BCUT2D eigenvalue weighted by Gasteiger charge is -2.35. The van der Waals surface area contributed by atoms with Gasteiger partial charge < -0.3 is 15.1 Å². The van der Waals surface area contributed by atoms with Crippen LogP contribution in [0.25, 0.3) is 0 Å². The van der Waals surface area contributed by atoms with Crippen LogP contribution in [-0.2, 0) is 11.3 Å². The lowest BCUT2D eigenvalue weighted by atomic mass is 9.97. The van der Waals surface area contributed by atoms with Crippen molar-refractivity contribution in [3.05, 3.63) is 66.2 Å². The van der Waals surface area contributed by atoms with Crippen molar-refractivity contribution in [2.75, 3.05) is 35.7 Å². The van der Waals surface area contributed by atoms with Crippen LogP contribution in [0.15, 0.2) is 59.8 Å². The van der Waals surface area contributed by atoms with Crippen LogP contribution in [0.2, 0.25) is 0 Å². The Hall–Kier alpha value is -3.54. The number of thioether (sulfide) groups is 1. The number of fused-ring (bicyclic) bond motifs is 1. The van der Waals surface area contributed by atoms with Gasteiger partial charge in [0.2, 0.25) is 11.7 Å². The molecule has 1 fully saturated rings. The molecule has 1 aromatic heterocycles. The number of carbonyl (C=O) groups is 2. The topological polar surface area (TPSA) is 83.4 Å². The number of anilines is 2. The molecule has 2 aliphatic rings. The van der Waals surface area contributed by atoms with Gasteiger partial charge in [-0.1, -0.05) is 30.3 Å². The average molecular weight is 545 g/mol. The van der Waals surface area contributed by atoms with E-state index in [1.165, 1.54) is 23.0 Å². The van der Waals surface area contributed by atoms with Gasteiger partial charge in [-0.3, -0.25) is 9.59 Å². The minimum Gasteiger partial charge on any atom is -0.371 e. The first-order valence-corrected chi connectivity index (χ1v) is 13.3. The number of carbonyl (C=O) groups excluding carboxylic acids is 2. The van der Waals surface area contributed by atoms with E-state index < -0.39 is 24.0 Å². The third-order valence-corrected chi connectivity index (χ3v) is 7.98. The number of nitrogens with zero attached hydrogens (tertiary/aromatic N) is 5. The Balaban J connectivity index is 1.27. The Morgan fingerprint density at radius 3 is 2.74 bits per heavy atom. The van der Waals surface area contributed by atoms with Gasteiger partial charge in [-0.25, -0.2) is 9.67 Å². The molecule has 2 amide bonds. The fourth-order valence-electron chi connectivity index (χ4n) is 4.73. The molecule has 2 atom stereocenters. The van der Waals surface area contributed by atoms with Gasteiger partial charge in [-0.2, -0.15) is 13.2 Å². The predicted octanol–water partition coefficient (Wildman–Crippen LogP) is 3.97. The number of hydrogen-bond acceptors (Lipinski definition) is 6. The zero-order chi connectivity index (χ0) is 26.9. The number of aromatic nitrogens is 3. The summed E-state index contributed by atoms with van der Waals surface area (Å²) in [6, 6.07) is 14.2. The molecule has 1 saturated heterocycles. The fourth-order valence-corrected chi connectivity index (χ4v) is 5.81. The van der Waals surface area contributed by atoms with Crippen molar-refractivity contribution in [2.24, 2.45) is 5.92 Å². The quantitative estimate of drug-likeness (QED) is 0.524. The van der Waals surface area contributed by atoms with E-state index >= 15 is 0 Å². The van der Waals surface area contributed by atoms with Crippen molar-refractivity contribution in [1.29, 1.82) is 0 Å². The molecule has 0 aliphatic carbocycles. The van der Waals surface area contributed by atoms with Gasteiger partial charge >= 0.3 is 6.18 Å². The minimum atomic E-state index is -4.23. The van der Waals surface area contributed by atoms with Crippen LogP contribution in [0.3, 0.4) is 0 Å². The summed E-state index contributed by atoms with van der Waals surface area (Å²) in [6.45, 7) is 0.884. The summed E-state index contributed by atoms with van der Waals surface area (Å²) in [5, 5.41) is 6.98. The summed E-state index contributed by atoms with van der Waals surface area (Å²) in [4.78, 5) is 34.2. The van der Waals surface area contributed by atoms with Crippen molar-refractivity contribution in [3.8, 4) is 0 Å². The van der Waals surface area contributed by atoms with Crippen LogP contribution in [0.1, 0.15) is 29.0 Å². The molecule has 8 nitrogen and oxygen atoms in total. The first kappa shape index (κ1) is 26.1. The van der Waals surface area contributed by atoms with Crippen molar-refractivity contribution in [3.63, 3.8) is 0 Å². The Morgan fingerprint density at radius 2 is 1.97 bits per heavy atom. The number of nitrogens with one attached hydrogen (secondary N) is 1. The highest BCUT2D eigenvalue weighted by molar-refractivity contribution is 7.99. The SMILES string of the molecule is CN1C(=O)[C@@H](NC(=O)c2ncn(Cc3ccccc3)n2)CSc2ccc(N3CCC[C@@H](C(F)(F)F)C3)cc21. The highest BCUT2D eigenvalue weighted by Crippen LogP contribution is 2.39. The summed E-state index contributed by atoms with van der Waals surface area (Å²) < 4.78 is 41.5. The molecule has 3 aromatic rings. The predicted molar refractivity (Wildman–Crippen MR) is 138 cm³/mol. The smallest absolute Gasteiger partial charge is 0.371 e. The Labute approximate surface area is 222 Å². The van der Waals surface area contributed by atoms with E-state index in [-0.39, 0.29) is 24.7 Å². The number of likely N-dealkylation sites (N-methyl/N-ethyl adjacent to an activating group) is 1. The van der Waals surface area contributed by atoms with Crippen LogP contribution in [-0.4, -0.2) is 64.7 Å². The van der Waals surface area contributed by atoms with Crippen LogP contribution in [0.5, 0.6) is 0 Å². The van der Waals surface area contributed by atoms with E-state index in [4.69, 9.17) is 0 Å². The zero-order valence-electron chi connectivity index (χ0n) is 20.7. The van der Waals surface area contributed by atoms with Gasteiger partial charge in [-0.15, -0.1) is 16.9 Å². The number of piperidine rings is 1. The molecular weight excluding hydrogens is 517 g/mol. The lowest BCUT2D eigenvalue weighted by molar-refractivity contribution is -0.176. The van der Waals surface area contributed by atoms with E-state index in [0.717, 1.165) is 10.5 Å². The summed E-state index contributed by atoms with van der Waals surface area (Å²) in [6.07, 6.45) is -2.18. The first-order chi connectivity index (χ1) is 18.2. The molecule has 38 heavy (non-hydrogen) atoms. The maximum absolute atomic E-state index is 13.3. The average Bonchev–Trinajstić information content (AvgIpc) is 3.34. The molecule has 0 saturated carbocycles. The summed E-state index contributed by atoms with van der Waals surface area (Å²) in [5.74, 6) is -1.98. The molecule has 200 valence electrons. The van der Waals surface area contributed by atoms with Gasteiger partial charge in [0.05, 0.1) is 18.2 Å². The molecule has 0 radical (unpaired) electrons. The van der Waals surface area contributed by atoms with Crippen LogP contribution in [0.4, 0.5) is 24.5 Å². The van der Waals surface area contributed by atoms with E-state index in [1.54, 1.807) is 28.8 Å². The third-order valence-electron chi connectivity index (χ3n) is 6.82. The van der Waals surface area contributed by atoms with Crippen molar-refractivity contribution >= 4 is 35.0 Å². The second-order valence-electron chi connectivity index (χ2n) is 9.46. The largest absolute Gasteiger partial charge is 0.393 e. The van der Waals surface area contributed by atoms with E-state index in [2.05, 4.69) is 15.4 Å². The maximum atomic E-state index is 13.3. The van der Waals surface area contributed by atoms with E-state index in [9.17, 15) is 22.8 Å². The van der Waals surface area contributed by atoms with E-state index in [1.807, 2.05) is 36.4 Å². The number of hydrogen-bond donors (Lipinski definition) is 1. The van der Waals surface area contributed by atoms with Gasteiger partial charge in [0.25, 0.3) is 5.91 Å². The highest BCUT2D eigenvalue weighted by Gasteiger charge is 2.42. The molecule has 12 heteroatoms. The van der Waals surface area contributed by atoms with Gasteiger partial charge in [-0.05, 0) is 36.6 Å². The monoisotopic (exact) mass is 544 g/mol. The van der Waals surface area contributed by atoms with Crippen molar-refractivity contribution < 1.29 is 22.8 Å². The molecule has 0 unspecified atom stereocenters. The second-order valence-corrected chi connectivity index (χ2v) is 10.5. The van der Waals surface area contributed by atoms with Gasteiger partial charge in [0.1, 0.15) is 12.4 Å². The molecule has 2 aromatic carbocycles. The molecule has 3 heterocycles. The number of alkyl halides is 3. The fraction of sp³-hybridized carbons (Fsp3) is 0.385. The van der Waals surface area contributed by atoms with Crippen LogP contribution < -0.4 is 15.1 Å². The Kier molecular flexibility index (Phi) is 7.33. The normalized spacial score (nSPS) is 20.2. The van der Waals surface area contributed by atoms with Gasteiger partial charge in [0.15, 0.2) is 0 Å².